The molecule has 0 saturated carbocycles. The smallest absolute Gasteiger partial charge is 0.428 e. The quantitative estimate of drug-likeness (QED) is 0.782. The largest absolute Gasteiger partial charge is 0.514 e. The van der Waals surface area contributed by atoms with Gasteiger partial charge in [0.1, 0.15) is 11.4 Å². The Labute approximate surface area is 139 Å². The first-order valence-electron chi connectivity index (χ1n) is 7.33. The Morgan fingerprint density at radius 2 is 1.88 bits per heavy atom. The second-order valence-corrected chi connectivity index (χ2v) is 6.21. The second kappa shape index (κ2) is 6.78. The summed E-state index contributed by atoms with van der Waals surface area (Å²) in [5.74, 6) is -0.666. The minimum absolute atomic E-state index is 0.203. The van der Waals surface area contributed by atoms with Crippen molar-refractivity contribution in [2.24, 2.45) is 0 Å². The summed E-state index contributed by atoms with van der Waals surface area (Å²) < 4.78 is 23.7. The van der Waals surface area contributed by atoms with Crippen LogP contribution in [0.4, 0.5) is 9.18 Å². The first-order valence-corrected chi connectivity index (χ1v) is 7.33. The Bertz CT molecular complexity index is 828. The molecule has 1 aromatic heterocycles. The number of aromatic nitrogens is 1. The van der Waals surface area contributed by atoms with Crippen molar-refractivity contribution >= 4 is 6.16 Å². The summed E-state index contributed by atoms with van der Waals surface area (Å²) in [6.45, 7) is 6.60. The summed E-state index contributed by atoms with van der Waals surface area (Å²) in [6, 6.07) is 7.02. The number of rotatable bonds is 2. The maximum Gasteiger partial charge on any atom is 0.514 e. The minimum atomic E-state index is -0.982. The van der Waals surface area contributed by atoms with Crippen molar-refractivity contribution in [1.29, 1.82) is 0 Å². The molecule has 0 fully saturated rings. The third kappa shape index (κ3) is 4.62. The van der Waals surface area contributed by atoms with E-state index < -0.39 is 23.0 Å². The molecule has 1 heterocycles. The van der Waals surface area contributed by atoms with Crippen molar-refractivity contribution in [3.05, 3.63) is 58.3 Å². The maximum absolute atomic E-state index is 13.7. The van der Waals surface area contributed by atoms with E-state index in [1.165, 1.54) is 30.5 Å². The predicted octanol–water partition coefficient (Wildman–Crippen LogP) is 3.87. The molecule has 0 aliphatic heterocycles. The summed E-state index contributed by atoms with van der Waals surface area (Å²) in [7, 11) is 0. The Kier molecular flexibility index (Phi) is 4.97. The zero-order chi connectivity index (χ0) is 17.9. The van der Waals surface area contributed by atoms with Gasteiger partial charge >= 0.3 is 6.16 Å². The number of hydrogen-bond acceptors (Lipinski definition) is 5. The van der Waals surface area contributed by atoms with E-state index in [4.69, 9.17) is 9.47 Å². The molecule has 0 unspecified atom stereocenters. The number of hydrogen-bond donors (Lipinski definition) is 0. The number of halogens is 1. The molecule has 5 nitrogen and oxygen atoms in total. The molecule has 0 bridgehead atoms. The molecular weight excluding hydrogens is 313 g/mol. The number of carbonyl (C=O) groups excluding carboxylic acids is 1. The topological polar surface area (TPSA) is 65.5 Å². The summed E-state index contributed by atoms with van der Waals surface area (Å²) in [5.41, 5.74) is -0.0181. The average Bonchev–Trinajstić information content (AvgIpc) is 2.62. The van der Waals surface area contributed by atoms with Crippen LogP contribution in [0.5, 0.6) is 5.75 Å². The molecule has 2 rings (SSSR count). The Morgan fingerprint density at radius 3 is 2.50 bits per heavy atom. The van der Waals surface area contributed by atoms with Crippen LogP contribution in [-0.4, -0.2) is 16.7 Å². The van der Waals surface area contributed by atoms with Crippen LogP contribution in [0.25, 0.3) is 11.1 Å². The summed E-state index contributed by atoms with van der Waals surface area (Å²) >= 11 is 0. The second-order valence-electron chi connectivity index (χ2n) is 6.21. The van der Waals surface area contributed by atoms with E-state index in [2.05, 4.69) is 4.98 Å². The van der Waals surface area contributed by atoms with Crippen molar-refractivity contribution in [3.63, 3.8) is 0 Å². The van der Waals surface area contributed by atoms with Crippen molar-refractivity contribution in [2.75, 3.05) is 0 Å². The highest BCUT2D eigenvalue weighted by atomic mass is 19.1. The lowest BCUT2D eigenvalue weighted by Gasteiger charge is -2.18. The molecule has 0 radical (unpaired) electrons. The lowest BCUT2D eigenvalue weighted by Crippen LogP contribution is -2.26. The molecule has 0 aliphatic rings. The standard InChI is InChI=1S/C18H18FNO4/c1-11-14(19)8-13(10-20-11)12-6-5-7-15(21)16(9-12)23-17(22)24-18(2,3)4/h5-10H,1-4H3. The van der Waals surface area contributed by atoms with Crippen LogP contribution >= 0.6 is 0 Å². The molecule has 0 spiro atoms. The zero-order valence-corrected chi connectivity index (χ0v) is 13.9. The molecule has 1 aromatic carbocycles. The van der Waals surface area contributed by atoms with Crippen LogP contribution < -0.4 is 10.2 Å². The van der Waals surface area contributed by atoms with E-state index in [9.17, 15) is 14.0 Å². The van der Waals surface area contributed by atoms with E-state index in [0.29, 0.717) is 11.1 Å². The molecule has 24 heavy (non-hydrogen) atoms. The molecule has 0 aliphatic carbocycles. The van der Waals surface area contributed by atoms with Crippen molar-refractivity contribution in [1.82, 2.24) is 4.98 Å². The van der Waals surface area contributed by atoms with E-state index in [1.54, 1.807) is 33.8 Å². The van der Waals surface area contributed by atoms with Gasteiger partial charge in [0, 0.05) is 11.8 Å². The van der Waals surface area contributed by atoms with Gasteiger partial charge in [-0.05, 0) is 51.5 Å². The van der Waals surface area contributed by atoms with Crippen molar-refractivity contribution in [3.8, 4) is 16.9 Å². The third-order valence-corrected chi connectivity index (χ3v) is 2.99. The number of aryl methyl sites for hydroxylation is 1. The monoisotopic (exact) mass is 331 g/mol. The number of nitrogens with zero attached hydrogens (tertiary/aromatic N) is 1. The zero-order valence-electron chi connectivity index (χ0n) is 13.9. The normalized spacial score (nSPS) is 11.0. The SMILES string of the molecule is Cc1ncc(-c2cccc(=O)c(OC(=O)OC(C)(C)C)c2)cc1F. The number of ether oxygens (including phenoxy) is 2. The fourth-order valence-electron chi connectivity index (χ4n) is 1.87. The highest BCUT2D eigenvalue weighted by molar-refractivity contribution is 5.67. The van der Waals surface area contributed by atoms with Crippen LogP contribution in [0.1, 0.15) is 26.5 Å². The van der Waals surface area contributed by atoms with Gasteiger partial charge in [-0.2, -0.15) is 0 Å². The van der Waals surface area contributed by atoms with Gasteiger partial charge in [-0.3, -0.25) is 9.78 Å². The molecule has 0 N–H and O–H groups in total. The summed E-state index contributed by atoms with van der Waals surface area (Å²) in [5, 5.41) is 0. The number of carbonyl (C=O) groups is 1. The molecule has 0 saturated heterocycles. The van der Waals surface area contributed by atoms with Gasteiger partial charge in [0.05, 0.1) is 5.69 Å². The van der Waals surface area contributed by atoms with Gasteiger partial charge in [0.2, 0.25) is 5.43 Å². The van der Waals surface area contributed by atoms with Crippen LogP contribution in [0.3, 0.4) is 0 Å². The van der Waals surface area contributed by atoms with Crippen LogP contribution in [0.15, 0.2) is 41.3 Å². The molecule has 0 atom stereocenters. The molecule has 126 valence electrons. The Balaban J connectivity index is 2.40. The van der Waals surface area contributed by atoms with Gasteiger partial charge in [-0.15, -0.1) is 0 Å². The van der Waals surface area contributed by atoms with Crippen molar-refractivity contribution in [2.45, 2.75) is 33.3 Å². The highest BCUT2D eigenvalue weighted by Crippen LogP contribution is 2.22. The van der Waals surface area contributed by atoms with Gasteiger partial charge in [0.15, 0.2) is 5.75 Å². The van der Waals surface area contributed by atoms with Gasteiger partial charge in [-0.25, -0.2) is 9.18 Å². The van der Waals surface area contributed by atoms with Crippen LogP contribution in [0.2, 0.25) is 0 Å². The lowest BCUT2D eigenvalue weighted by molar-refractivity contribution is 0.0204. The van der Waals surface area contributed by atoms with E-state index in [0.717, 1.165) is 0 Å². The van der Waals surface area contributed by atoms with E-state index >= 15 is 0 Å². The fraction of sp³-hybridized carbons (Fsp3) is 0.278. The first kappa shape index (κ1) is 17.6. The first-order chi connectivity index (χ1) is 11.2. The molecule has 0 amide bonds. The van der Waals surface area contributed by atoms with Gasteiger partial charge in [-0.1, -0.05) is 12.1 Å². The minimum Gasteiger partial charge on any atom is -0.428 e. The fourth-order valence-corrected chi connectivity index (χ4v) is 1.87. The molecule has 6 heteroatoms. The predicted molar refractivity (Wildman–Crippen MR) is 87.5 cm³/mol. The van der Waals surface area contributed by atoms with E-state index in [1.807, 2.05) is 0 Å². The van der Waals surface area contributed by atoms with Gasteiger partial charge in [0.25, 0.3) is 0 Å². The molecular formula is C18H18FNO4. The maximum atomic E-state index is 13.7. The third-order valence-electron chi connectivity index (χ3n) is 2.99. The van der Waals surface area contributed by atoms with Crippen molar-refractivity contribution < 1.29 is 18.7 Å². The molecule has 2 aromatic rings. The summed E-state index contributed by atoms with van der Waals surface area (Å²) in [4.78, 5) is 27.7. The Hall–Kier alpha value is -2.76. The summed E-state index contributed by atoms with van der Waals surface area (Å²) in [6.07, 6.45) is 0.500. The van der Waals surface area contributed by atoms with Crippen LogP contribution in [0, 0.1) is 12.7 Å². The highest BCUT2D eigenvalue weighted by Gasteiger charge is 2.19. The lowest BCUT2D eigenvalue weighted by atomic mass is 10.1. The average molecular weight is 331 g/mol. The van der Waals surface area contributed by atoms with Gasteiger partial charge < -0.3 is 9.47 Å². The Morgan fingerprint density at radius 1 is 1.17 bits per heavy atom. The number of pyridine rings is 1. The van der Waals surface area contributed by atoms with Crippen LogP contribution in [-0.2, 0) is 4.74 Å². The van der Waals surface area contributed by atoms with E-state index in [-0.39, 0.29) is 11.4 Å².